The van der Waals surface area contributed by atoms with E-state index < -0.39 is 0 Å². The Labute approximate surface area is 128 Å². The Balaban J connectivity index is 2.70. The molecule has 0 heterocycles. The summed E-state index contributed by atoms with van der Waals surface area (Å²) in [5.41, 5.74) is 2.76. The Kier molecular flexibility index (Phi) is 6.90. The molecule has 0 aliphatic heterocycles. The maximum absolute atomic E-state index is 5.47. The van der Waals surface area contributed by atoms with Crippen molar-refractivity contribution in [1.82, 2.24) is 5.32 Å². The van der Waals surface area contributed by atoms with Crippen molar-refractivity contribution in [1.29, 1.82) is 0 Å². The van der Waals surface area contributed by atoms with Crippen LogP contribution in [0.4, 0.5) is 0 Å². The normalized spacial score (nSPS) is 11.9. The van der Waals surface area contributed by atoms with Gasteiger partial charge in [0.1, 0.15) is 5.75 Å². The molecule has 0 bridgehead atoms. The molecule has 0 aliphatic rings. The van der Waals surface area contributed by atoms with Crippen molar-refractivity contribution >= 4 is 11.8 Å². The van der Waals surface area contributed by atoms with Crippen LogP contribution in [-0.2, 0) is 12.3 Å². The Hall–Kier alpha value is -0.670. The maximum atomic E-state index is 5.47. The van der Waals surface area contributed by atoms with E-state index >= 15 is 0 Å². The lowest BCUT2D eigenvalue weighted by molar-refractivity contribution is 0.409. The van der Waals surface area contributed by atoms with Crippen LogP contribution in [0, 0.1) is 5.92 Å². The van der Waals surface area contributed by atoms with Crippen molar-refractivity contribution in [2.75, 3.05) is 12.9 Å². The molecule has 0 radical (unpaired) electrons. The van der Waals surface area contributed by atoms with Gasteiger partial charge in [-0.3, -0.25) is 0 Å². The molecule has 0 amide bonds. The Morgan fingerprint density at radius 3 is 2.50 bits per heavy atom. The van der Waals surface area contributed by atoms with Gasteiger partial charge in [-0.25, -0.2) is 0 Å². The highest BCUT2D eigenvalue weighted by Crippen LogP contribution is 2.25. The summed E-state index contributed by atoms with van der Waals surface area (Å²) in [4.78, 5) is 0. The zero-order chi connectivity index (χ0) is 15.2. The summed E-state index contributed by atoms with van der Waals surface area (Å²) in [5, 5.41) is 3.53. The summed E-state index contributed by atoms with van der Waals surface area (Å²) in [6, 6.07) is 6.50. The van der Waals surface area contributed by atoms with Gasteiger partial charge >= 0.3 is 0 Å². The number of nitrogens with one attached hydrogen (secondary N) is 1. The van der Waals surface area contributed by atoms with E-state index in [1.54, 1.807) is 7.11 Å². The lowest BCUT2D eigenvalue weighted by atomic mass is 10.1. The molecule has 0 atom stereocenters. The molecule has 0 aliphatic carbocycles. The molecule has 1 aromatic carbocycles. The summed E-state index contributed by atoms with van der Waals surface area (Å²) in [7, 11) is 1.75. The third-order valence-electron chi connectivity index (χ3n) is 2.88. The van der Waals surface area contributed by atoms with Gasteiger partial charge in [0.15, 0.2) is 0 Å². The Morgan fingerprint density at radius 2 is 1.95 bits per heavy atom. The quantitative estimate of drug-likeness (QED) is 0.802. The number of ether oxygens (including phenoxy) is 1. The topological polar surface area (TPSA) is 21.3 Å². The highest BCUT2D eigenvalue weighted by atomic mass is 32.2. The fourth-order valence-electron chi connectivity index (χ4n) is 1.83. The summed E-state index contributed by atoms with van der Waals surface area (Å²) in [6.07, 6.45) is 0. The van der Waals surface area contributed by atoms with Gasteiger partial charge in [0.05, 0.1) is 7.11 Å². The van der Waals surface area contributed by atoms with E-state index in [9.17, 15) is 0 Å². The molecule has 0 unspecified atom stereocenters. The third kappa shape index (κ3) is 6.67. The van der Waals surface area contributed by atoms with Gasteiger partial charge < -0.3 is 10.1 Å². The van der Waals surface area contributed by atoms with Crippen molar-refractivity contribution in [2.24, 2.45) is 5.92 Å². The van der Waals surface area contributed by atoms with Crippen LogP contribution in [0.15, 0.2) is 18.2 Å². The minimum absolute atomic E-state index is 0.145. The van der Waals surface area contributed by atoms with Gasteiger partial charge in [-0.15, -0.1) is 0 Å². The zero-order valence-electron chi connectivity index (χ0n) is 13.7. The average Bonchev–Trinajstić information content (AvgIpc) is 2.35. The van der Waals surface area contributed by atoms with Gasteiger partial charge in [0, 0.05) is 23.4 Å². The van der Waals surface area contributed by atoms with Crippen LogP contribution in [0.25, 0.3) is 0 Å². The van der Waals surface area contributed by atoms with Crippen LogP contribution in [0.3, 0.4) is 0 Å². The largest absolute Gasteiger partial charge is 0.496 e. The number of benzene rings is 1. The molecule has 0 saturated heterocycles. The fraction of sp³-hybridized carbons (Fsp3) is 0.647. The van der Waals surface area contributed by atoms with Gasteiger partial charge in [0.25, 0.3) is 0 Å². The summed E-state index contributed by atoms with van der Waals surface area (Å²) in [6.45, 7) is 12.0. The van der Waals surface area contributed by atoms with Crippen molar-refractivity contribution in [3.05, 3.63) is 29.3 Å². The van der Waals surface area contributed by atoms with Crippen LogP contribution in [0.1, 0.15) is 45.7 Å². The first-order valence-electron chi connectivity index (χ1n) is 7.30. The van der Waals surface area contributed by atoms with E-state index in [1.807, 2.05) is 11.8 Å². The minimum atomic E-state index is 0.145. The van der Waals surface area contributed by atoms with Crippen LogP contribution >= 0.6 is 11.8 Å². The molecule has 0 aromatic heterocycles. The molecule has 3 heteroatoms. The molecular weight excluding hydrogens is 266 g/mol. The SMILES string of the molecule is COc1ccc(CNC(C)(C)C)cc1CSCC(C)C. The van der Waals surface area contributed by atoms with Crippen molar-refractivity contribution in [2.45, 2.75) is 52.5 Å². The molecule has 1 aromatic rings. The molecule has 0 saturated carbocycles. The van der Waals surface area contributed by atoms with E-state index in [-0.39, 0.29) is 5.54 Å². The summed E-state index contributed by atoms with van der Waals surface area (Å²) >= 11 is 1.98. The molecule has 2 nitrogen and oxygen atoms in total. The zero-order valence-corrected chi connectivity index (χ0v) is 14.6. The number of hydrogen-bond donors (Lipinski definition) is 1. The molecule has 0 fully saturated rings. The molecule has 20 heavy (non-hydrogen) atoms. The first kappa shape index (κ1) is 17.4. The second-order valence-electron chi connectivity index (χ2n) is 6.66. The van der Waals surface area contributed by atoms with Crippen LogP contribution in [0.5, 0.6) is 5.75 Å². The van der Waals surface area contributed by atoms with E-state index in [2.05, 4.69) is 58.1 Å². The molecule has 1 N–H and O–H groups in total. The maximum Gasteiger partial charge on any atom is 0.122 e. The molecule has 0 spiro atoms. The number of rotatable bonds is 7. The van der Waals surface area contributed by atoms with Gasteiger partial charge in [-0.1, -0.05) is 19.9 Å². The van der Waals surface area contributed by atoms with Gasteiger partial charge in [-0.2, -0.15) is 11.8 Å². The predicted octanol–water partition coefficient (Wildman–Crippen LogP) is 4.47. The standard InChI is InChI=1S/C17H29NOS/c1-13(2)11-20-12-15-9-14(7-8-16(15)19-6)10-18-17(3,4)5/h7-9,13,18H,10-12H2,1-6H3. The van der Waals surface area contributed by atoms with E-state index in [0.29, 0.717) is 0 Å². The van der Waals surface area contributed by atoms with E-state index in [4.69, 9.17) is 4.74 Å². The second kappa shape index (κ2) is 7.94. The lowest BCUT2D eigenvalue weighted by Gasteiger charge is -2.21. The number of thioether (sulfide) groups is 1. The van der Waals surface area contributed by atoms with Crippen LogP contribution in [-0.4, -0.2) is 18.4 Å². The van der Waals surface area contributed by atoms with Crippen LogP contribution in [0.2, 0.25) is 0 Å². The molecule has 1 rings (SSSR count). The summed E-state index contributed by atoms with van der Waals surface area (Å²) < 4.78 is 5.47. The average molecular weight is 295 g/mol. The highest BCUT2D eigenvalue weighted by Gasteiger charge is 2.10. The van der Waals surface area contributed by atoms with Crippen LogP contribution < -0.4 is 10.1 Å². The van der Waals surface area contributed by atoms with Crippen molar-refractivity contribution in [3.8, 4) is 5.75 Å². The van der Waals surface area contributed by atoms with Crippen molar-refractivity contribution in [3.63, 3.8) is 0 Å². The predicted molar refractivity (Wildman–Crippen MR) is 90.6 cm³/mol. The van der Waals surface area contributed by atoms with Gasteiger partial charge in [-0.05, 0) is 50.1 Å². The monoisotopic (exact) mass is 295 g/mol. The molecular formula is C17H29NOS. The first-order chi connectivity index (χ1) is 9.31. The third-order valence-corrected chi connectivity index (χ3v) is 4.29. The second-order valence-corrected chi connectivity index (χ2v) is 7.69. The number of hydrogen-bond acceptors (Lipinski definition) is 3. The number of methoxy groups -OCH3 is 1. The highest BCUT2D eigenvalue weighted by molar-refractivity contribution is 7.98. The molecule has 114 valence electrons. The van der Waals surface area contributed by atoms with Gasteiger partial charge in [0.2, 0.25) is 0 Å². The van der Waals surface area contributed by atoms with Crippen molar-refractivity contribution < 1.29 is 4.74 Å². The minimum Gasteiger partial charge on any atom is -0.496 e. The van der Waals surface area contributed by atoms with E-state index in [0.717, 1.165) is 24.0 Å². The first-order valence-corrected chi connectivity index (χ1v) is 8.46. The Bertz CT molecular complexity index is 410. The van der Waals surface area contributed by atoms with E-state index in [1.165, 1.54) is 16.9 Å². The smallest absolute Gasteiger partial charge is 0.122 e. The fourth-order valence-corrected chi connectivity index (χ4v) is 2.86. The summed E-state index contributed by atoms with van der Waals surface area (Å²) in [5.74, 6) is 3.94. The Morgan fingerprint density at radius 1 is 1.25 bits per heavy atom. The lowest BCUT2D eigenvalue weighted by Crippen LogP contribution is -2.35.